The lowest BCUT2D eigenvalue weighted by atomic mass is 9.80. The smallest absolute Gasteiger partial charge is 0.308 e. The fourth-order valence-corrected chi connectivity index (χ4v) is 6.73. The zero-order valence-corrected chi connectivity index (χ0v) is 23.5. The first-order valence-corrected chi connectivity index (χ1v) is 14.8. The number of carboxylic acid groups (broad SMARTS) is 1. The largest absolute Gasteiger partial charge is 0.497 e. The van der Waals surface area contributed by atoms with Gasteiger partial charge in [0.25, 0.3) is 5.91 Å². The molecule has 2 heterocycles. The number of hydrogen-bond acceptors (Lipinski definition) is 5. The molecule has 1 aliphatic carbocycles. The molecule has 1 saturated carbocycles. The number of amides is 1. The van der Waals surface area contributed by atoms with Crippen LogP contribution >= 0.6 is 0 Å². The summed E-state index contributed by atoms with van der Waals surface area (Å²) < 4.78 is 35.2. The molecule has 0 spiro atoms. The molecule has 9 nitrogen and oxygen atoms in total. The van der Waals surface area contributed by atoms with Crippen molar-refractivity contribution in [1.29, 1.82) is 0 Å². The molecular weight excluding hydrogens is 518 g/mol. The number of benzene rings is 2. The Morgan fingerprint density at radius 2 is 1.79 bits per heavy atom. The van der Waals surface area contributed by atoms with Crippen molar-refractivity contribution in [3.63, 3.8) is 0 Å². The van der Waals surface area contributed by atoms with E-state index in [9.17, 15) is 23.1 Å². The second-order valence-electron chi connectivity index (χ2n) is 10.8. The number of rotatable bonds is 6. The first-order chi connectivity index (χ1) is 18.5. The Kier molecular flexibility index (Phi) is 7.19. The highest BCUT2D eigenvalue weighted by molar-refractivity contribution is 7.87. The topological polar surface area (TPSA) is 118 Å². The van der Waals surface area contributed by atoms with E-state index in [-0.39, 0.29) is 18.0 Å². The van der Waals surface area contributed by atoms with Gasteiger partial charge in [-0.15, -0.1) is 0 Å². The van der Waals surface area contributed by atoms with E-state index in [4.69, 9.17) is 4.74 Å². The summed E-state index contributed by atoms with van der Waals surface area (Å²) in [5, 5.41) is 11.3. The Balaban J connectivity index is 1.78. The van der Waals surface area contributed by atoms with Crippen molar-refractivity contribution in [3.05, 3.63) is 53.1 Å². The lowest BCUT2D eigenvalue weighted by molar-refractivity contribution is -0.142. The van der Waals surface area contributed by atoms with Crippen LogP contribution in [0.3, 0.4) is 0 Å². The van der Waals surface area contributed by atoms with Crippen LogP contribution in [-0.4, -0.2) is 55.5 Å². The molecule has 0 bridgehead atoms. The van der Waals surface area contributed by atoms with Crippen molar-refractivity contribution < 1.29 is 27.9 Å². The van der Waals surface area contributed by atoms with Crippen molar-refractivity contribution in [2.75, 3.05) is 21.2 Å². The Bertz CT molecular complexity index is 1550. The van der Waals surface area contributed by atoms with Gasteiger partial charge in [0.05, 0.1) is 18.7 Å². The van der Waals surface area contributed by atoms with Gasteiger partial charge >= 0.3 is 16.2 Å². The minimum Gasteiger partial charge on any atom is -0.497 e. The zero-order valence-electron chi connectivity index (χ0n) is 22.7. The molecule has 0 radical (unpaired) electrons. The van der Waals surface area contributed by atoms with Gasteiger partial charge < -0.3 is 14.4 Å². The Hall–Kier alpha value is -3.37. The fourth-order valence-electron chi connectivity index (χ4n) is 6.19. The summed E-state index contributed by atoms with van der Waals surface area (Å²) in [6, 6.07) is 11.1. The van der Waals surface area contributed by atoms with Crippen molar-refractivity contribution >= 4 is 33.0 Å². The van der Waals surface area contributed by atoms with Gasteiger partial charge in [0, 0.05) is 42.7 Å². The van der Waals surface area contributed by atoms with Gasteiger partial charge in [0.15, 0.2) is 0 Å². The molecule has 1 aliphatic heterocycles. The molecule has 0 saturated heterocycles. The SMILES string of the molecule is COc1ccc2c(c1)C(C)C(C(=O)O)Cn1c-2c(C2CCCCC2)c2ccc(C(=O)NS(=O)(=O)N(C)C)cc21. The fraction of sp³-hybridized carbons (Fsp3) is 0.448. The normalized spacial score (nSPS) is 19.8. The van der Waals surface area contributed by atoms with Crippen LogP contribution in [-0.2, 0) is 21.5 Å². The van der Waals surface area contributed by atoms with Gasteiger partial charge in [-0.25, -0.2) is 4.72 Å². The van der Waals surface area contributed by atoms with Crippen LogP contribution in [0.4, 0.5) is 0 Å². The summed E-state index contributed by atoms with van der Waals surface area (Å²) in [4.78, 5) is 25.6. The van der Waals surface area contributed by atoms with E-state index in [1.165, 1.54) is 26.1 Å². The van der Waals surface area contributed by atoms with Crippen LogP contribution in [0.15, 0.2) is 36.4 Å². The number of hydrogen-bond donors (Lipinski definition) is 2. The number of aromatic nitrogens is 1. The summed E-state index contributed by atoms with van der Waals surface area (Å²) in [7, 11) is 0.330. The molecule has 10 heteroatoms. The van der Waals surface area contributed by atoms with Crippen LogP contribution in [0.5, 0.6) is 5.75 Å². The van der Waals surface area contributed by atoms with Crippen molar-refractivity contribution in [2.24, 2.45) is 5.92 Å². The summed E-state index contributed by atoms with van der Waals surface area (Å²) >= 11 is 0. The molecule has 1 amide bonds. The van der Waals surface area contributed by atoms with Gasteiger partial charge in [-0.1, -0.05) is 32.3 Å². The van der Waals surface area contributed by atoms with Crippen LogP contribution in [0.25, 0.3) is 22.2 Å². The van der Waals surface area contributed by atoms with E-state index < -0.39 is 28.0 Å². The number of nitrogens with one attached hydrogen (secondary N) is 1. The lowest BCUT2D eigenvalue weighted by Gasteiger charge is -2.24. The summed E-state index contributed by atoms with van der Waals surface area (Å²) in [5.74, 6) is -1.64. The van der Waals surface area contributed by atoms with E-state index >= 15 is 0 Å². The quantitative estimate of drug-likeness (QED) is 0.456. The van der Waals surface area contributed by atoms with Crippen molar-refractivity contribution in [2.45, 2.75) is 57.4 Å². The van der Waals surface area contributed by atoms with Gasteiger partial charge in [-0.2, -0.15) is 12.7 Å². The third-order valence-electron chi connectivity index (χ3n) is 8.39. The predicted octanol–water partition coefficient (Wildman–Crippen LogP) is 4.72. The number of ether oxygens (including phenoxy) is 1. The summed E-state index contributed by atoms with van der Waals surface area (Å²) in [6.45, 7) is 2.17. The summed E-state index contributed by atoms with van der Waals surface area (Å²) in [6.07, 6.45) is 5.53. The van der Waals surface area contributed by atoms with Gasteiger partial charge in [-0.3, -0.25) is 9.59 Å². The average molecular weight is 554 g/mol. The van der Waals surface area contributed by atoms with Crippen molar-refractivity contribution in [1.82, 2.24) is 13.6 Å². The maximum Gasteiger partial charge on any atom is 0.308 e. The van der Waals surface area contributed by atoms with Gasteiger partial charge in [0.2, 0.25) is 0 Å². The first-order valence-electron chi connectivity index (χ1n) is 13.3. The highest BCUT2D eigenvalue weighted by Crippen LogP contribution is 2.49. The monoisotopic (exact) mass is 553 g/mol. The molecule has 1 fully saturated rings. The second-order valence-corrected chi connectivity index (χ2v) is 12.7. The minimum absolute atomic E-state index is 0.197. The average Bonchev–Trinajstić information content (AvgIpc) is 3.17. The number of carbonyl (C=O) groups is 2. The minimum atomic E-state index is -3.97. The molecule has 2 N–H and O–H groups in total. The third-order valence-corrected chi connectivity index (χ3v) is 9.79. The molecule has 208 valence electrons. The Morgan fingerprint density at radius 3 is 2.44 bits per heavy atom. The van der Waals surface area contributed by atoms with Crippen LogP contribution < -0.4 is 9.46 Å². The zero-order chi connectivity index (χ0) is 28.1. The molecule has 2 atom stereocenters. The predicted molar refractivity (Wildman–Crippen MR) is 149 cm³/mol. The van der Waals surface area contributed by atoms with Crippen LogP contribution in [0.2, 0.25) is 0 Å². The number of methoxy groups -OCH3 is 1. The van der Waals surface area contributed by atoms with E-state index in [0.717, 1.165) is 57.7 Å². The lowest BCUT2D eigenvalue weighted by Crippen LogP contribution is -2.39. The van der Waals surface area contributed by atoms with Crippen molar-refractivity contribution in [3.8, 4) is 17.0 Å². The maximum atomic E-state index is 13.0. The Labute approximate surface area is 228 Å². The number of carbonyl (C=O) groups excluding carboxylic acids is 1. The van der Waals surface area contributed by atoms with E-state index in [0.29, 0.717) is 11.7 Å². The Morgan fingerprint density at radius 1 is 1.08 bits per heavy atom. The molecule has 3 aromatic rings. The molecule has 5 rings (SSSR count). The van der Waals surface area contributed by atoms with Crippen LogP contribution in [0.1, 0.15) is 72.3 Å². The number of aliphatic carboxylic acids is 1. The van der Waals surface area contributed by atoms with E-state index in [1.54, 1.807) is 19.2 Å². The molecule has 39 heavy (non-hydrogen) atoms. The van der Waals surface area contributed by atoms with E-state index in [1.807, 2.05) is 35.8 Å². The maximum absolute atomic E-state index is 13.0. The highest BCUT2D eigenvalue weighted by Gasteiger charge is 2.37. The summed E-state index contributed by atoms with van der Waals surface area (Å²) in [5.41, 5.74) is 5.01. The molecule has 2 aromatic carbocycles. The standard InChI is InChI=1S/C29H35N3O6S/c1-17-23-15-20(38-4)11-13-21(23)27-26(18-8-6-5-7-9-18)22-12-10-19(28(33)30-39(36,37)31(2)3)14-25(22)32(27)16-24(17)29(34)35/h10-15,17-18,24H,5-9,16H2,1-4H3,(H,30,33)(H,34,35). The number of carboxylic acids is 1. The third kappa shape index (κ3) is 4.80. The number of fused-ring (bicyclic) bond motifs is 5. The van der Waals surface area contributed by atoms with Gasteiger partial charge in [-0.05, 0) is 66.1 Å². The molecule has 2 unspecified atom stereocenters. The van der Waals surface area contributed by atoms with E-state index in [2.05, 4.69) is 4.72 Å². The number of nitrogens with zero attached hydrogens (tertiary/aromatic N) is 2. The molecule has 2 aliphatic rings. The van der Waals surface area contributed by atoms with Crippen LogP contribution in [0, 0.1) is 5.92 Å². The van der Waals surface area contributed by atoms with Gasteiger partial charge in [0.1, 0.15) is 5.75 Å². The molecular formula is C29H35N3O6S. The second kappa shape index (κ2) is 10.3. The highest BCUT2D eigenvalue weighted by atomic mass is 32.2. The first kappa shape index (κ1) is 27.2. The molecule has 1 aromatic heterocycles.